The number of benzene rings is 1. The summed E-state index contributed by atoms with van der Waals surface area (Å²) in [6.45, 7) is 1.63. The highest BCUT2D eigenvalue weighted by atomic mass is 35.5. The topological polar surface area (TPSA) is 76.6 Å². The zero-order chi connectivity index (χ0) is 21.5. The number of nitrogens with zero attached hydrogens (tertiary/aromatic N) is 2. The molecule has 1 aliphatic carbocycles. The van der Waals surface area contributed by atoms with Gasteiger partial charge in [0.2, 0.25) is 0 Å². The summed E-state index contributed by atoms with van der Waals surface area (Å²) in [5.74, 6) is 0.265. The van der Waals surface area contributed by atoms with Gasteiger partial charge in [0.15, 0.2) is 22.2 Å². The van der Waals surface area contributed by atoms with Gasteiger partial charge in [0, 0.05) is 23.2 Å². The molecule has 4 rings (SSSR count). The molecule has 1 amide bonds. The number of sulfone groups is 1. The minimum atomic E-state index is -3.10. The van der Waals surface area contributed by atoms with Crippen LogP contribution in [-0.4, -0.2) is 54.4 Å². The molecule has 0 bridgehead atoms. The number of pyridine rings is 1. The summed E-state index contributed by atoms with van der Waals surface area (Å²) in [7, 11) is -3.10. The number of hydrogen-bond donors (Lipinski definition) is 0. The van der Waals surface area contributed by atoms with Gasteiger partial charge in [-0.15, -0.1) is 0 Å². The van der Waals surface area contributed by atoms with E-state index in [-0.39, 0.29) is 41.1 Å². The average Bonchev–Trinajstić information content (AvgIpc) is 3.31. The van der Waals surface area contributed by atoms with Crippen molar-refractivity contribution < 1.29 is 17.9 Å². The minimum Gasteiger partial charge on any atom is -0.480 e. The van der Waals surface area contributed by atoms with Gasteiger partial charge < -0.3 is 9.64 Å². The van der Waals surface area contributed by atoms with Crippen LogP contribution in [0.1, 0.15) is 37.8 Å². The molecule has 1 atom stereocenters. The van der Waals surface area contributed by atoms with Crippen LogP contribution < -0.4 is 4.74 Å². The lowest BCUT2D eigenvalue weighted by atomic mass is 10.1. The SMILES string of the molecule is Cc1ccc2c(Cl)cc(Cl)c(OCC(=O)N(C3CCCC3)C3CCS(=O)(=O)C3)c2n1. The predicted octanol–water partition coefficient (Wildman–Crippen LogP) is 4.19. The fraction of sp³-hybridized carbons (Fsp3) is 0.524. The van der Waals surface area contributed by atoms with Gasteiger partial charge in [0.1, 0.15) is 5.52 Å². The lowest BCUT2D eigenvalue weighted by Crippen LogP contribution is -2.48. The smallest absolute Gasteiger partial charge is 0.261 e. The zero-order valence-corrected chi connectivity index (χ0v) is 19.1. The van der Waals surface area contributed by atoms with Crippen LogP contribution in [0.5, 0.6) is 5.75 Å². The Labute approximate surface area is 186 Å². The van der Waals surface area contributed by atoms with Crippen LogP contribution in [0, 0.1) is 6.92 Å². The van der Waals surface area contributed by atoms with Crippen LogP contribution in [0.25, 0.3) is 10.9 Å². The van der Waals surface area contributed by atoms with E-state index < -0.39 is 9.84 Å². The van der Waals surface area contributed by atoms with Crippen molar-refractivity contribution in [3.8, 4) is 5.75 Å². The number of hydrogen-bond acceptors (Lipinski definition) is 5. The van der Waals surface area contributed by atoms with Gasteiger partial charge in [-0.2, -0.15) is 0 Å². The van der Waals surface area contributed by atoms with Crippen LogP contribution in [0.3, 0.4) is 0 Å². The molecule has 1 aromatic heterocycles. The number of carbonyl (C=O) groups excluding carboxylic acids is 1. The molecule has 1 saturated heterocycles. The molecule has 0 spiro atoms. The van der Waals surface area contributed by atoms with Crippen molar-refractivity contribution in [2.75, 3.05) is 18.1 Å². The summed E-state index contributed by atoms with van der Waals surface area (Å²) in [5, 5.41) is 1.45. The first-order valence-electron chi connectivity index (χ1n) is 10.1. The van der Waals surface area contributed by atoms with Crippen molar-refractivity contribution in [2.24, 2.45) is 0 Å². The maximum Gasteiger partial charge on any atom is 0.261 e. The van der Waals surface area contributed by atoms with Crippen molar-refractivity contribution in [3.63, 3.8) is 0 Å². The Morgan fingerprint density at radius 2 is 1.90 bits per heavy atom. The van der Waals surface area contributed by atoms with E-state index in [1.54, 1.807) is 11.0 Å². The highest BCUT2D eigenvalue weighted by molar-refractivity contribution is 7.91. The summed E-state index contributed by atoms with van der Waals surface area (Å²) in [6, 6.07) is 5.06. The van der Waals surface area contributed by atoms with E-state index in [1.807, 2.05) is 19.1 Å². The van der Waals surface area contributed by atoms with E-state index >= 15 is 0 Å². The van der Waals surface area contributed by atoms with Gasteiger partial charge in [-0.1, -0.05) is 36.0 Å². The number of amides is 1. The molecular weight excluding hydrogens is 447 g/mol. The Bertz CT molecular complexity index is 1080. The van der Waals surface area contributed by atoms with Crippen molar-refractivity contribution in [1.29, 1.82) is 0 Å². The van der Waals surface area contributed by atoms with E-state index in [2.05, 4.69) is 4.98 Å². The molecule has 0 N–H and O–H groups in total. The number of halogens is 2. The molecule has 9 heteroatoms. The van der Waals surface area contributed by atoms with E-state index in [1.165, 1.54) is 0 Å². The van der Waals surface area contributed by atoms with Crippen LogP contribution in [0.4, 0.5) is 0 Å². The van der Waals surface area contributed by atoms with Gasteiger partial charge in [0.25, 0.3) is 5.91 Å². The second-order valence-corrected chi connectivity index (χ2v) is 11.1. The molecule has 162 valence electrons. The third kappa shape index (κ3) is 4.39. The zero-order valence-electron chi connectivity index (χ0n) is 16.7. The molecule has 30 heavy (non-hydrogen) atoms. The number of rotatable bonds is 5. The monoisotopic (exact) mass is 470 g/mol. The maximum absolute atomic E-state index is 13.2. The molecule has 2 fully saturated rings. The second-order valence-electron chi connectivity index (χ2n) is 8.10. The van der Waals surface area contributed by atoms with Crippen LogP contribution >= 0.6 is 23.2 Å². The standard InChI is InChI=1S/C21H24Cl2N2O4S/c1-13-6-7-16-17(22)10-18(23)21(20(16)24-13)29-11-19(26)25(14-4-2-3-5-14)15-8-9-30(27,28)12-15/h6-7,10,14-15H,2-5,8-9,11-12H2,1H3. The molecule has 1 saturated carbocycles. The molecule has 1 unspecified atom stereocenters. The van der Waals surface area contributed by atoms with Crippen LogP contribution in [-0.2, 0) is 14.6 Å². The lowest BCUT2D eigenvalue weighted by molar-refractivity contribution is -0.137. The third-order valence-corrected chi connectivity index (χ3v) is 8.27. The molecule has 2 aliphatic rings. The second kappa shape index (κ2) is 8.52. The number of aryl methyl sites for hydroxylation is 1. The van der Waals surface area contributed by atoms with Crippen molar-refractivity contribution in [3.05, 3.63) is 33.9 Å². The quantitative estimate of drug-likeness (QED) is 0.654. The molecule has 1 aliphatic heterocycles. The lowest BCUT2D eigenvalue weighted by Gasteiger charge is -2.34. The fourth-order valence-electron chi connectivity index (χ4n) is 4.52. The highest BCUT2D eigenvalue weighted by Gasteiger charge is 2.39. The Hall–Kier alpha value is -1.57. The normalized spacial score (nSPS) is 21.2. The fourth-order valence-corrected chi connectivity index (χ4v) is 6.80. The summed E-state index contributed by atoms with van der Waals surface area (Å²) in [4.78, 5) is 19.5. The average molecular weight is 471 g/mol. The van der Waals surface area contributed by atoms with Crippen molar-refractivity contribution in [1.82, 2.24) is 9.88 Å². The summed E-state index contributed by atoms with van der Waals surface area (Å²) < 4.78 is 29.9. The van der Waals surface area contributed by atoms with E-state index in [9.17, 15) is 13.2 Å². The Balaban J connectivity index is 1.59. The van der Waals surface area contributed by atoms with Crippen molar-refractivity contribution in [2.45, 2.75) is 51.1 Å². The van der Waals surface area contributed by atoms with Gasteiger partial charge in [-0.3, -0.25) is 4.79 Å². The molecule has 0 radical (unpaired) electrons. The molecule has 6 nitrogen and oxygen atoms in total. The number of aromatic nitrogens is 1. The summed E-state index contributed by atoms with van der Waals surface area (Å²) in [6.07, 6.45) is 4.37. The summed E-state index contributed by atoms with van der Waals surface area (Å²) >= 11 is 12.6. The first-order valence-corrected chi connectivity index (χ1v) is 12.7. The van der Waals surface area contributed by atoms with Gasteiger partial charge >= 0.3 is 0 Å². The molecule has 1 aromatic carbocycles. The van der Waals surface area contributed by atoms with Gasteiger partial charge in [-0.05, 0) is 44.4 Å². The Morgan fingerprint density at radius 3 is 2.57 bits per heavy atom. The van der Waals surface area contributed by atoms with Crippen molar-refractivity contribution >= 4 is 49.8 Å². The largest absolute Gasteiger partial charge is 0.480 e. The molecular formula is C21H24Cl2N2O4S. The minimum absolute atomic E-state index is 0.0284. The third-order valence-electron chi connectivity index (χ3n) is 5.93. The van der Waals surface area contributed by atoms with E-state index in [0.717, 1.165) is 31.4 Å². The van der Waals surface area contributed by atoms with Crippen LogP contribution in [0.15, 0.2) is 18.2 Å². The Kier molecular flexibility index (Phi) is 6.15. The first-order chi connectivity index (χ1) is 14.2. The number of ether oxygens (including phenoxy) is 1. The molecule has 2 heterocycles. The first kappa shape index (κ1) is 21.7. The van der Waals surface area contributed by atoms with Crippen LogP contribution in [0.2, 0.25) is 10.0 Å². The van der Waals surface area contributed by atoms with E-state index in [0.29, 0.717) is 28.1 Å². The highest BCUT2D eigenvalue weighted by Crippen LogP contribution is 2.37. The number of carbonyl (C=O) groups is 1. The van der Waals surface area contributed by atoms with Gasteiger partial charge in [-0.25, -0.2) is 13.4 Å². The van der Waals surface area contributed by atoms with E-state index in [4.69, 9.17) is 27.9 Å². The maximum atomic E-state index is 13.2. The molecule has 2 aromatic rings. The summed E-state index contributed by atoms with van der Waals surface area (Å²) in [5.41, 5.74) is 1.29. The Morgan fingerprint density at radius 1 is 1.17 bits per heavy atom. The number of fused-ring (bicyclic) bond motifs is 1. The predicted molar refractivity (Wildman–Crippen MR) is 118 cm³/mol. The van der Waals surface area contributed by atoms with Gasteiger partial charge in [0.05, 0.1) is 21.6 Å².